The minimum atomic E-state index is -0.455. The maximum Gasteiger partial charge on any atom is 0.270 e. The number of thiocarbonyl (C=S) groups is 1. The molecule has 0 aliphatic carbocycles. The summed E-state index contributed by atoms with van der Waals surface area (Å²) < 4.78 is 0. The number of hydrogen-bond donors (Lipinski definition) is 2. The van der Waals surface area contributed by atoms with Gasteiger partial charge in [-0.25, -0.2) is 0 Å². The molecule has 1 rings (SSSR count). The van der Waals surface area contributed by atoms with Gasteiger partial charge in [-0.2, -0.15) is 5.10 Å². The number of nitro groups is 1. The smallest absolute Gasteiger partial charge is 0.270 e. The van der Waals surface area contributed by atoms with E-state index in [1.54, 1.807) is 19.2 Å². The average Bonchev–Trinajstić information content (AvgIpc) is 2.29. The Bertz CT molecular complexity index is 433. The molecule has 0 radical (unpaired) electrons. The number of hydrazone groups is 1. The summed E-state index contributed by atoms with van der Waals surface area (Å²) in [7, 11) is 1.66. The first-order valence-electron chi connectivity index (χ1n) is 4.38. The van der Waals surface area contributed by atoms with Crippen molar-refractivity contribution < 1.29 is 4.92 Å². The van der Waals surface area contributed by atoms with Crippen molar-refractivity contribution in [3.8, 4) is 0 Å². The molecule has 84 valence electrons. The molecule has 0 bridgehead atoms. The van der Waals surface area contributed by atoms with Crippen molar-refractivity contribution in [1.82, 2.24) is 10.7 Å². The number of nitro benzene ring substituents is 1. The van der Waals surface area contributed by atoms with Crippen LogP contribution in [0.1, 0.15) is 5.56 Å². The monoisotopic (exact) mass is 238 g/mol. The molecule has 0 aliphatic rings. The molecule has 6 nitrogen and oxygen atoms in total. The first-order chi connectivity index (χ1) is 7.63. The second-order valence-corrected chi connectivity index (χ2v) is 3.21. The van der Waals surface area contributed by atoms with Crippen LogP contribution in [0, 0.1) is 10.1 Å². The summed E-state index contributed by atoms with van der Waals surface area (Å²) in [5.41, 5.74) is 3.20. The summed E-state index contributed by atoms with van der Waals surface area (Å²) >= 11 is 4.79. The van der Waals surface area contributed by atoms with Gasteiger partial charge in [-0.3, -0.25) is 15.5 Å². The summed E-state index contributed by atoms with van der Waals surface area (Å²) in [4.78, 5) is 10.0. The first kappa shape index (κ1) is 12.1. The molecule has 0 saturated heterocycles. The zero-order valence-corrected chi connectivity index (χ0v) is 9.32. The Labute approximate surface area is 97.5 Å². The SMILES string of the molecule is CNC(=S)N/N=C\c1cccc([N+](=O)[O-])c1. The van der Waals surface area contributed by atoms with Gasteiger partial charge >= 0.3 is 0 Å². The number of rotatable bonds is 3. The van der Waals surface area contributed by atoms with Crippen LogP contribution in [0.3, 0.4) is 0 Å². The molecule has 0 amide bonds. The number of nitrogens with zero attached hydrogens (tertiary/aromatic N) is 2. The normalized spacial score (nSPS) is 10.1. The highest BCUT2D eigenvalue weighted by molar-refractivity contribution is 7.80. The Morgan fingerprint density at radius 2 is 2.38 bits per heavy atom. The Balaban J connectivity index is 2.70. The maximum absolute atomic E-state index is 10.5. The molecule has 1 aromatic carbocycles. The molecule has 0 saturated carbocycles. The van der Waals surface area contributed by atoms with Crippen LogP contribution in [0.25, 0.3) is 0 Å². The third kappa shape index (κ3) is 3.62. The Morgan fingerprint density at radius 1 is 1.62 bits per heavy atom. The molecule has 0 aliphatic heterocycles. The van der Waals surface area contributed by atoms with Crippen LogP contribution in [-0.2, 0) is 0 Å². The van der Waals surface area contributed by atoms with Gasteiger partial charge in [0, 0.05) is 24.7 Å². The second kappa shape index (κ2) is 5.76. The van der Waals surface area contributed by atoms with Gasteiger partial charge in [0.1, 0.15) is 0 Å². The molecular weight excluding hydrogens is 228 g/mol. The van der Waals surface area contributed by atoms with Crippen molar-refractivity contribution in [2.45, 2.75) is 0 Å². The van der Waals surface area contributed by atoms with E-state index in [9.17, 15) is 10.1 Å². The first-order valence-corrected chi connectivity index (χ1v) is 4.79. The highest BCUT2D eigenvalue weighted by Crippen LogP contribution is 2.11. The quantitative estimate of drug-likeness (QED) is 0.356. The van der Waals surface area contributed by atoms with Crippen LogP contribution in [0.4, 0.5) is 5.69 Å². The molecule has 2 N–H and O–H groups in total. The lowest BCUT2D eigenvalue weighted by molar-refractivity contribution is -0.384. The van der Waals surface area contributed by atoms with Gasteiger partial charge in [-0.15, -0.1) is 0 Å². The van der Waals surface area contributed by atoms with Gasteiger partial charge in [0.2, 0.25) is 0 Å². The number of benzene rings is 1. The van der Waals surface area contributed by atoms with Gasteiger partial charge in [-0.1, -0.05) is 12.1 Å². The predicted octanol–water partition coefficient (Wildman–Crippen LogP) is 1.02. The molecule has 0 spiro atoms. The lowest BCUT2D eigenvalue weighted by atomic mass is 10.2. The van der Waals surface area contributed by atoms with E-state index in [2.05, 4.69) is 15.8 Å². The van der Waals surface area contributed by atoms with Crippen molar-refractivity contribution in [1.29, 1.82) is 0 Å². The lowest BCUT2D eigenvalue weighted by Crippen LogP contribution is -2.28. The Morgan fingerprint density at radius 3 is 3.00 bits per heavy atom. The largest absolute Gasteiger partial charge is 0.364 e. The van der Waals surface area contributed by atoms with Crippen LogP contribution >= 0.6 is 12.2 Å². The third-order valence-electron chi connectivity index (χ3n) is 1.69. The van der Waals surface area contributed by atoms with E-state index in [1.807, 2.05) is 0 Å². The molecular formula is C9H10N4O2S. The topological polar surface area (TPSA) is 79.6 Å². The summed E-state index contributed by atoms with van der Waals surface area (Å²) in [5.74, 6) is 0. The van der Waals surface area contributed by atoms with Gasteiger partial charge in [0.25, 0.3) is 5.69 Å². The van der Waals surface area contributed by atoms with Crippen LogP contribution < -0.4 is 10.7 Å². The van der Waals surface area contributed by atoms with E-state index < -0.39 is 4.92 Å². The van der Waals surface area contributed by atoms with E-state index in [0.717, 1.165) is 0 Å². The Kier molecular flexibility index (Phi) is 4.34. The van der Waals surface area contributed by atoms with Gasteiger partial charge in [0.15, 0.2) is 5.11 Å². The highest BCUT2D eigenvalue weighted by atomic mass is 32.1. The zero-order valence-electron chi connectivity index (χ0n) is 8.51. The summed E-state index contributed by atoms with van der Waals surface area (Å²) in [6.07, 6.45) is 1.46. The van der Waals surface area contributed by atoms with Crippen molar-refractivity contribution in [3.63, 3.8) is 0 Å². The van der Waals surface area contributed by atoms with E-state index in [1.165, 1.54) is 18.3 Å². The maximum atomic E-state index is 10.5. The van der Waals surface area contributed by atoms with Crippen molar-refractivity contribution in [2.24, 2.45) is 5.10 Å². The summed E-state index contributed by atoms with van der Waals surface area (Å²) in [6, 6.07) is 6.15. The minimum Gasteiger partial charge on any atom is -0.364 e. The van der Waals surface area contributed by atoms with Crippen LogP contribution in [0.15, 0.2) is 29.4 Å². The fourth-order valence-electron chi connectivity index (χ4n) is 0.940. The zero-order chi connectivity index (χ0) is 12.0. The third-order valence-corrected chi connectivity index (χ3v) is 1.98. The lowest BCUT2D eigenvalue weighted by Gasteiger charge is -1.99. The minimum absolute atomic E-state index is 0.0279. The van der Waals surface area contributed by atoms with E-state index in [-0.39, 0.29) is 5.69 Å². The molecule has 0 atom stereocenters. The van der Waals surface area contributed by atoms with Crippen molar-refractivity contribution >= 4 is 29.2 Å². The summed E-state index contributed by atoms with van der Waals surface area (Å²) in [6.45, 7) is 0. The van der Waals surface area contributed by atoms with E-state index in [4.69, 9.17) is 12.2 Å². The predicted molar refractivity (Wildman–Crippen MR) is 65.5 cm³/mol. The highest BCUT2D eigenvalue weighted by Gasteiger charge is 2.03. The molecule has 0 unspecified atom stereocenters. The summed E-state index contributed by atoms with van der Waals surface area (Å²) in [5, 5.41) is 17.4. The Hall–Kier alpha value is -2.02. The number of non-ortho nitro benzene ring substituents is 1. The molecule has 16 heavy (non-hydrogen) atoms. The van der Waals surface area contributed by atoms with Gasteiger partial charge in [0.05, 0.1) is 11.1 Å². The number of nitrogens with one attached hydrogen (secondary N) is 2. The van der Waals surface area contributed by atoms with Crippen molar-refractivity contribution in [2.75, 3.05) is 7.05 Å². The van der Waals surface area contributed by atoms with Crippen LogP contribution in [-0.4, -0.2) is 23.3 Å². The van der Waals surface area contributed by atoms with Crippen molar-refractivity contribution in [3.05, 3.63) is 39.9 Å². The molecule has 0 aromatic heterocycles. The van der Waals surface area contributed by atoms with Crippen LogP contribution in [0.5, 0.6) is 0 Å². The number of hydrogen-bond acceptors (Lipinski definition) is 4. The van der Waals surface area contributed by atoms with Gasteiger partial charge in [-0.05, 0) is 12.2 Å². The van der Waals surface area contributed by atoms with E-state index >= 15 is 0 Å². The molecule has 7 heteroatoms. The molecule has 0 heterocycles. The van der Waals surface area contributed by atoms with E-state index in [0.29, 0.717) is 10.7 Å². The average molecular weight is 238 g/mol. The standard InChI is InChI=1S/C9H10N4O2S/c1-10-9(16)12-11-6-7-3-2-4-8(5-7)13(14)15/h2-6H,1H3,(H2,10,12,16)/b11-6-. The fraction of sp³-hybridized carbons (Fsp3) is 0.111. The second-order valence-electron chi connectivity index (χ2n) is 2.80. The van der Waals surface area contributed by atoms with Crippen LogP contribution in [0.2, 0.25) is 0 Å². The fourth-order valence-corrected chi connectivity index (χ4v) is 0.993. The van der Waals surface area contributed by atoms with Gasteiger partial charge < -0.3 is 5.32 Å². The molecule has 0 fully saturated rings. The molecule has 1 aromatic rings.